The number of H-pyrrole nitrogens is 1. The lowest BCUT2D eigenvalue weighted by molar-refractivity contribution is -0.0376. The fourth-order valence-electron chi connectivity index (χ4n) is 3.72. The van der Waals surface area contributed by atoms with E-state index in [0.29, 0.717) is 41.5 Å². The average molecular weight is 381 g/mol. The van der Waals surface area contributed by atoms with E-state index in [-0.39, 0.29) is 0 Å². The van der Waals surface area contributed by atoms with Crippen LogP contribution >= 0.6 is 0 Å². The number of aliphatic hydroxyl groups is 1. The van der Waals surface area contributed by atoms with Crippen LogP contribution in [-0.2, 0) is 13.5 Å². The van der Waals surface area contributed by atoms with Crippen LogP contribution < -0.4 is 4.74 Å². The second-order valence-corrected chi connectivity index (χ2v) is 6.63. The highest BCUT2D eigenvalue weighted by Gasteiger charge is 2.39. The number of oxazole rings is 1. The van der Waals surface area contributed by atoms with Crippen LogP contribution in [0.3, 0.4) is 0 Å². The summed E-state index contributed by atoms with van der Waals surface area (Å²) in [5.41, 5.74) is 3.03. The van der Waals surface area contributed by atoms with E-state index in [4.69, 9.17) is 9.15 Å². The van der Waals surface area contributed by atoms with Crippen molar-refractivity contribution in [2.24, 2.45) is 7.05 Å². The zero-order valence-corrected chi connectivity index (χ0v) is 15.4. The van der Waals surface area contributed by atoms with Gasteiger partial charge in [0, 0.05) is 25.7 Å². The van der Waals surface area contributed by atoms with Crippen LogP contribution in [0.1, 0.15) is 35.4 Å². The Hall–Kier alpha value is -3.24. The van der Waals surface area contributed by atoms with Crippen LogP contribution in [0, 0.1) is 0 Å². The number of aromatic nitrogens is 6. The van der Waals surface area contributed by atoms with Gasteiger partial charge in [0.05, 0.1) is 19.1 Å². The summed E-state index contributed by atoms with van der Waals surface area (Å²) in [6.45, 7) is 0.573. The standard InChI is InChI=1S/C18H19N7O3/c1-24-16(21-9-22-24)18(26)25-7-6-10-13(20-8-19-10)14(25)17-23-11-4-3-5-12(27-2)15(11)28-17/h3-5,8-9,14,18,26H,6-7H2,1-2H3,(H,19,20)/t14-,18?/m0/s1. The lowest BCUT2D eigenvalue weighted by atomic mass is 10.0. The maximum absolute atomic E-state index is 11.1. The summed E-state index contributed by atoms with van der Waals surface area (Å²) in [5, 5.41) is 15.1. The van der Waals surface area contributed by atoms with Crippen molar-refractivity contribution < 1.29 is 14.3 Å². The van der Waals surface area contributed by atoms with Gasteiger partial charge in [0.15, 0.2) is 23.4 Å². The van der Waals surface area contributed by atoms with Crippen LogP contribution in [0.5, 0.6) is 5.75 Å². The van der Waals surface area contributed by atoms with Gasteiger partial charge in [-0.3, -0.25) is 4.90 Å². The molecule has 10 heteroatoms. The summed E-state index contributed by atoms with van der Waals surface area (Å²) < 4.78 is 13.0. The SMILES string of the molecule is COc1cccc2nc([C@@H]3c4nc[nH]c4CCN3C(O)c3ncnn3C)oc12. The van der Waals surface area contributed by atoms with E-state index in [2.05, 4.69) is 25.0 Å². The lowest BCUT2D eigenvalue weighted by Gasteiger charge is -2.35. The van der Waals surface area contributed by atoms with Crippen LogP contribution in [0.2, 0.25) is 0 Å². The topological polar surface area (TPSA) is 118 Å². The Kier molecular flexibility index (Phi) is 3.88. The zero-order valence-electron chi connectivity index (χ0n) is 15.4. The number of aromatic amines is 1. The summed E-state index contributed by atoms with van der Waals surface area (Å²) in [5.74, 6) is 1.49. The molecule has 2 N–H and O–H groups in total. The minimum Gasteiger partial charge on any atom is -0.493 e. The van der Waals surface area contributed by atoms with Crippen molar-refractivity contribution >= 4 is 11.1 Å². The number of nitrogens with zero attached hydrogens (tertiary/aromatic N) is 6. The Bertz CT molecular complexity index is 1130. The van der Waals surface area contributed by atoms with Gasteiger partial charge >= 0.3 is 0 Å². The molecule has 0 spiro atoms. The van der Waals surface area contributed by atoms with Crippen LogP contribution in [0.25, 0.3) is 11.1 Å². The molecule has 10 nitrogen and oxygen atoms in total. The number of aliphatic hydroxyl groups excluding tert-OH is 1. The molecule has 0 fully saturated rings. The molecule has 4 aromatic rings. The lowest BCUT2D eigenvalue weighted by Crippen LogP contribution is -2.40. The maximum atomic E-state index is 11.1. The largest absolute Gasteiger partial charge is 0.493 e. The van der Waals surface area contributed by atoms with Crippen LogP contribution in [-0.4, -0.2) is 53.4 Å². The smallest absolute Gasteiger partial charge is 0.219 e. The molecule has 0 radical (unpaired) electrons. The van der Waals surface area contributed by atoms with Gasteiger partial charge in [0.2, 0.25) is 5.89 Å². The second kappa shape index (κ2) is 6.43. The van der Waals surface area contributed by atoms with Crippen LogP contribution in [0.15, 0.2) is 35.3 Å². The Morgan fingerprint density at radius 3 is 3.04 bits per heavy atom. The molecule has 0 amide bonds. The first-order valence-electron chi connectivity index (χ1n) is 8.90. The van der Waals surface area contributed by atoms with E-state index in [0.717, 1.165) is 11.4 Å². The number of imidazole rings is 1. The third kappa shape index (κ3) is 2.49. The Morgan fingerprint density at radius 2 is 2.25 bits per heavy atom. The van der Waals surface area contributed by atoms with Crippen LogP contribution in [0.4, 0.5) is 0 Å². The van der Waals surface area contributed by atoms with Gasteiger partial charge < -0.3 is 19.2 Å². The van der Waals surface area contributed by atoms with Gasteiger partial charge in [-0.2, -0.15) is 5.10 Å². The number of rotatable bonds is 4. The Balaban J connectivity index is 1.64. The molecule has 1 aromatic carbocycles. The summed E-state index contributed by atoms with van der Waals surface area (Å²) in [7, 11) is 3.34. The third-order valence-electron chi connectivity index (χ3n) is 5.10. The third-order valence-corrected chi connectivity index (χ3v) is 5.10. The highest BCUT2D eigenvalue weighted by Crippen LogP contribution is 2.39. The molecule has 1 aliphatic heterocycles. The highest BCUT2D eigenvalue weighted by molar-refractivity contribution is 5.79. The van der Waals surface area contributed by atoms with Gasteiger partial charge in [0.25, 0.3) is 0 Å². The Labute approximate surface area is 159 Å². The monoisotopic (exact) mass is 381 g/mol. The number of methoxy groups -OCH3 is 1. The number of hydrogen-bond acceptors (Lipinski definition) is 8. The van der Waals surface area contributed by atoms with Crippen molar-refractivity contribution in [3.05, 3.63) is 54.0 Å². The molecule has 0 aliphatic carbocycles. The quantitative estimate of drug-likeness (QED) is 0.543. The number of hydrogen-bond donors (Lipinski definition) is 2. The molecule has 2 atom stereocenters. The van der Waals surface area contributed by atoms with Crippen molar-refractivity contribution in [1.29, 1.82) is 0 Å². The minimum absolute atomic E-state index is 0.439. The van der Waals surface area contributed by atoms with Gasteiger partial charge in [0.1, 0.15) is 17.9 Å². The maximum Gasteiger partial charge on any atom is 0.219 e. The summed E-state index contributed by atoms with van der Waals surface area (Å²) in [4.78, 5) is 18.4. The molecule has 1 unspecified atom stereocenters. The summed E-state index contributed by atoms with van der Waals surface area (Å²) in [6, 6.07) is 5.08. The molecule has 0 saturated carbocycles. The first-order chi connectivity index (χ1) is 13.7. The van der Waals surface area contributed by atoms with E-state index in [1.54, 1.807) is 25.2 Å². The first kappa shape index (κ1) is 16.9. The number of fused-ring (bicyclic) bond motifs is 2. The first-order valence-corrected chi connectivity index (χ1v) is 8.90. The van der Waals surface area contributed by atoms with Gasteiger partial charge in [-0.1, -0.05) is 6.07 Å². The zero-order chi connectivity index (χ0) is 19.3. The van der Waals surface area contributed by atoms with Crippen molar-refractivity contribution in [3.8, 4) is 5.75 Å². The summed E-state index contributed by atoms with van der Waals surface area (Å²) >= 11 is 0. The van der Waals surface area contributed by atoms with E-state index < -0.39 is 12.3 Å². The molecular formula is C18H19N7O3. The van der Waals surface area contributed by atoms with Gasteiger partial charge in [-0.25, -0.2) is 19.6 Å². The molecule has 28 heavy (non-hydrogen) atoms. The molecule has 0 bridgehead atoms. The number of para-hydroxylation sites is 1. The molecule has 0 saturated heterocycles. The molecule has 3 aromatic heterocycles. The minimum atomic E-state index is -0.987. The van der Waals surface area contributed by atoms with E-state index in [1.807, 2.05) is 23.1 Å². The highest BCUT2D eigenvalue weighted by atomic mass is 16.5. The van der Waals surface area contributed by atoms with E-state index in [9.17, 15) is 5.11 Å². The molecule has 4 heterocycles. The Morgan fingerprint density at radius 1 is 1.36 bits per heavy atom. The average Bonchev–Trinajstić information content (AvgIpc) is 3.44. The summed E-state index contributed by atoms with van der Waals surface area (Å²) in [6.07, 6.45) is 2.80. The van der Waals surface area contributed by atoms with Crippen molar-refractivity contribution in [3.63, 3.8) is 0 Å². The fraction of sp³-hybridized carbons (Fsp3) is 0.333. The van der Waals surface area contributed by atoms with Gasteiger partial charge in [-0.05, 0) is 12.1 Å². The molecule has 144 valence electrons. The van der Waals surface area contributed by atoms with Crippen molar-refractivity contribution in [2.45, 2.75) is 18.7 Å². The fourth-order valence-corrected chi connectivity index (χ4v) is 3.72. The molecule has 1 aliphatic rings. The predicted molar refractivity (Wildman–Crippen MR) is 97.4 cm³/mol. The number of aryl methyl sites for hydroxylation is 1. The number of benzene rings is 1. The number of ether oxygens (including phenoxy) is 1. The normalized spacial score (nSPS) is 18.3. The second-order valence-electron chi connectivity index (χ2n) is 6.63. The van der Waals surface area contributed by atoms with E-state index >= 15 is 0 Å². The van der Waals surface area contributed by atoms with Gasteiger partial charge in [-0.15, -0.1) is 0 Å². The molecular weight excluding hydrogens is 362 g/mol. The van der Waals surface area contributed by atoms with E-state index in [1.165, 1.54) is 6.33 Å². The predicted octanol–water partition coefficient (Wildman–Crippen LogP) is 1.33. The van der Waals surface area contributed by atoms with Crippen molar-refractivity contribution in [1.82, 2.24) is 34.6 Å². The van der Waals surface area contributed by atoms with Crippen molar-refractivity contribution in [2.75, 3.05) is 13.7 Å². The number of nitrogens with one attached hydrogen (secondary N) is 1. The molecule has 5 rings (SSSR count).